The lowest BCUT2D eigenvalue weighted by atomic mass is 10.1. The molecule has 3 nitrogen and oxygen atoms in total. The highest BCUT2D eigenvalue weighted by Crippen LogP contribution is 2.18. The van der Waals surface area contributed by atoms with Crippen LogP contribution >= 0.6 is 22.9 Å². The monoisotopic (exact) mass is 372 g/mol. The molecule has 0 aliphatic carbocycles. The Labute approximate surface area is 157 Å². The number of ether oxygens (including phenoxy) is 1. The van der Waals surface area contributed by atoms with Crippen LogP contribution in [0.1, 0.15) is 34.8 Å². The maximum atomic E-state index is 5.93. The zero-order chi connectivity index (χ0) is 17.6. The van der Waals surface area contributed by atoms with E-state index >= 15 is 0 Å². The lowest BCUT2D eigenvalue weighted by Gasteiger charge is -2.13. The number of hydrogen-bond acceptors (Lipinski definition) is 4. The second-order valence-corrected chi connectivity index (χ2v) is 7.37. The van der Waals surface area contributed by atoms with Crippen LogP contribution in [0.25, 0.3) is 0 Å². The van der Waals surface area contributed by atoms with Crippen molar-refractivity contribution >= 4 is 22.9 Å². The lowest BCUT2D eigenvalue weighted by Crippen LogP contribution is -2.18. The summed E-state index contributed by atoms with van der Waals surface area (Å²) >= 11 is 7.56. The molecule has 1 unspecified atom stereocenters. The summed E-state index contributed by atoms with van der Waals surface area (Å²) in [6.45, 7) is 5.43. The van der Waals surface area contributed by atoms with Gasteiger partial charge in [0.15, 0.2) is 0 Å². The molecule has 0 fully saturated rings. The third-order valence-corrected chi connectivity index (χ3v) is 5.07. The molecule has 0 saturated carbocycles. The summed E-state index contributed by atoms with van der Waals surface area (Å²) in [6, 6.07) is 16.2. The van der Waals surface area contributed by atoms with Crippen LogP contribution in [-0.2, 0) is 13.2 Å². The van der Waals surface area contributed by atoms with Gasteiger partial charge in [-0.15, -0.1) is 11.3 Å². The molecule has 0 aliphatic rings. The summed E-state index contributed by atoms with van der Waals surface area (Å²) in [5.74, 6) is 0.872. The van der Waals surface area contributed by atoms with Gasteiger partial charge in [0.1, 0.15) is 17.4 Å². The number of aryl methyl sites for hydroxylation is 1. The summed E-state index contributed by atoms with van der Waals surface area (Å²) in [4.78, 5) is 4.63. The molecule has 1 N–H and O–H groups in total. The molecule has 1 aromatic heterocycles. The van der Waals surface area contributed by atoms with E-state index in [9.17, 15) is 0 Å². The Balaban J connectivity index is 1.49. The Morgan fingerprint density at radius 3 is 2.56 bits per heavy atom. The summed E-state index contributed by atoms with van der Waals surface area (Å²) in [7, 11) is 0. The van der Waals surface area contributed by atoms with E-state index < -0.39 is 0 Å². The Morgan fingerprint density at radius 1 is 1.12 bits per heavy atom. The number of halogens is 1. The van der Waals surface area contributed by atoms with Crippen LogP contribution in [0.4, 0.5) is 0 Å². The highest BCUT2D eigenvalue weighted by molar-refractivity contribution is 7.09. The maximum absolute atomic E-state index is 5.93. The lowest BCUT2D eigenvalue weighted by molar-refractivity contribution is 0.305. The summed E-state index contributed by atoms with van der Waals surface area (Å²) < 4.78 is 5.78. The molecule has 0 amide bonds. The second-order valence-electron chi connectivity index (χ2n) is 5.99. The van der Waals surface area contributed by atoms with Crippen LogP contribution in [0.3, 0.4) is 0 Å². The van der Waals surface area contributed by atoms with E-state index in [1.165, 1.54) is 11.1 Å². The van der Waals surface area contributed by atoms with Gasteiger partial charge >= 0.3 is 0 Å². The van der Waals surface area contributed by atoms with E-state index in [0.29, 0.717) is 6.61 Å². The molecule has 0 saturated heterocycles. The highest BCUT2D eigenvalue weighted by Gasteiger charge is 2.07. The topological polar surface area (TPSA) is 34.1 Å². The third-order valence-electron chi connectivity index (χ3n) is 3.94. The maximum Gasteiger partial charge on any atom is 0.140 e. The first-order valence-electron chi connectivity index (χ1n) is 8.22. The fourth-order valence-electron chi connectivity index (χ4n) is 2.40. The average molecular weight is 373 g/mol. The van der Waals surface area contributed by atoms with Gasteiger partial charge in [-0.2, -0.15) is 0 Å². The predicted molar refractivity (Wildman–Crippen MR) is 104 cm³/mol. The minimum absolute atomic E-state index is 0.242. The van der Waals surface area contributed by atoms with Gasteiger partial charge in [0.05, 0.1) is 5.69 Å². The van der Waals surface area contributed by atoms with Gasteiger partial charge in [0, 0.05) is 23.0 Å². The highest BCUT2D eigenvalue weighted by atomic mass is 35.5. The van der Waals surface area contributed by atoms with Crippen LogP contribution in [0.15, 0.2) is 53.9 Å². The Kier molecular flexibility index (Phi) is 6.08. The zero-order valence-electron chi connectivity index (χ0n) is 14.3. The molecule has 5 heteroatoms. The number of aromatic nitrogens is 1. The van der Waals surface area contributed by atoms with Crippen molar-refractivity contribution in [3.05, 3.63) is 80.8 Å². The van der Waals surface area contributed by atoms with Gasteiger partial charge in [-0.25, -0.2) is 4.98 Å². The van der Waals surface area contributed by atoms with E-state index in [0.717, 1.165) is 28.0 Å². The van der Waals surface area contributed by atoms with Crippen molar-refractivity contribution in [1.82, 2.24) is 10.3 Å². The van der Waals surface area contributed by atoms with E-state index in [4.69, 9.17) is 16.3 Å². The van der Waals surface area contributed by atoms with Gasteiger partial charge in [0.2, 0.25) is 0 Å². The first kappa shape index (κ1) is 17.9. The summed E-state index contributed by atoms with van der Waals surface area (Å²) in [5.41, 5.74) is 3.47. The number of benzene rings is 2. The first-order chi connectivity index (χ1) is 12.1. The number of hydrogen-bond donors (Lipinski definition) is 1. The molecule has 2 aromatic carbocycles. The summed E-state index contributed by atoms with van der Waals surface area (Å²) in [6.07, 6.45) is 0. The molecule has 0 spiro atoms. The fraction of sp³-hybridized carbons (Fsp3) is 0.250. The largest absolute Gasteiger partial charge is 0.486 e. The zero-order valence-corrected chi connectivity index (χ0v) is 15.9. The molecule has 1 heterocycles. The molecule has 3 aromatic rings. The molecule has 0 aliphatic heterocycles. The van der Waals surface area contributed by atoms with Crippen LogP contribution in [0, 0.1) is 6.92 Å². The smallest absolute Gasteiger partial charge is 0.140 e. The van der Waals surface area contributed by atoms with Crippen molar-refractivity contribution in [2.24, 2.45) is 0 Å². The van der Waals surface area contributed by atoms with Crippen molar-refractivity contribution in [1.29, 1.82) is 0 Å². The van der Waals surface area contributed by atoms with E-state index in [2.05, 4.69) is 29.5 Å². The minimum atomic E-state index is 0.242. The van der Waals surface area contributed by atoms with Gasteiger partial charge < -0.3 is 10.1 Å². The predicted octanol–water partition coefficient (Wildman–Crippen LogP) is 5.53. The quantitative estimate of drug-likeness (QED) is 0.591. The van der Waals surface area contributed by atoms with Crippen LogP contribution < -0.4 is 10.1 Å². The normalized spacial score (nSPS) is 12.1. The van der Waals surface area contributed by atoms with Crippen molar-refractivity contribution in [2.45, 2.75) is 33.0 Å². The van der Waals surface area contributed by atoms with E-state index in [-0.39, 0.29) is 6.04 Å². The van der Waals surface area contributed by atoms with Gasteiger partial charge in [-0.3, -0.25) is 0 Å². The van der Waals surface area contributed by atoms with Gasteiger partial charge in [0.25, 0.3) is 0 Å². The van der Waals surface area contributed by atoms with Crippen molar-refractivity contribution in [2.75, 3.05) is 0 Å². The number of rotatable bonds is 7. The number of nitrogens with one attached hydrogen (secondary N) is 1. The molecule has 1 atom stereocenters. The summed E-state index contributed by atoms with van der Waals surface area (Å²) in [5, 5.41) is 7.31. The number of thiazole rings is 1. The van der Waals surface area contributed by atoms with E-state index in [1.807, 2.05) is 48.5 Å². The average Bonchev–Trinajstić information content (AvgIpc) is 3.08. The molecule has 0 radical (unpaired) electrons. The SMILES string of the molecule is Cc1ccc(OCc2nc(CNC(C)c3ccc(Cl)cc3)cs2)cc1. The molecule has 25 heavy (non-hydrogen) atoms. The molecular formula is C20H21ClN2OS. The third kappa shape index (κ3) is 5.30. The fourth-order valence-corrected chi connectivity index (χ4v) is 3.23. The van der Waals surface area contributed by atoms with Crippen molar-refractivity contribution in [3.8, 4) is 5.75 Å². The molecule has 3 rings (SSSR count). The first-order valence-corrected chi connectivity index (χ1v) is 9.47. The van der Waals surface area contributed by atoms with Gasteiger partial charge in [-0.1, -0.05) is 41.4 Å². The number of nitrogens with zero attached hydrogens (tertiary/aromatic N) is 1. The van der Waals surface area contributed by atoms with Gasteiger partial charge in [-0.05, 0) is 43.7 Å². The Morgan fingerprint density at radius 2 is 1.84 bits per heavy atom. The van der Waals surface area contributed by atoms with E-state index in [1.54, 1.807) is 11.3 Å². The molecule has 130 valence electrons. The van der Waals surface area contributed by atoms with Crippen LogP contribution in [-0.4, -0.2) is 4.98 Å². The van der Waals surface area contributed by atoms with Crippen LogP contribution in [0.5, 0.6) is 5.75 Å². The molecular weight excluding hydrogens is 352 g/mol. The second kappa shape index (κ2) is 8.48. The van der Waals surface area contributed by atoms with Crippen molar-refractivity contribution in [3.63, 3.8) is 0 Å². The minimum Gasteiger partial charge on any atom is -0.486 e. The molecule has 0 bridgehead atoms. The Hall–Kier alpha value is -1.88. The van der Waals surface area contributed by atoms with Crippen molar-refractivity contribution < 1.29 is 4.74 Å². The van der Waals surface area contributed by atoms with Crippen LogP contribution in [0.2, 0.25) is 5.02 Å². The standard InChI is InChI=1S/C20H21ClN2OS/c1-14-3-9-19(10-4-14)24-12-20-23-18(13-25-20)11-22-15(2)16-5-7-17(21)8-6-16/h3-10,13,15,22H,11-12H2,1-2H3. The Bertz CT molecular complexity index is 799.